The summed E-state index contributed by atoms with van der Waals surface area (Å²) in [7, 11) is 0. The summed E-state index contributed by atoms with van der Waals surface area (Å²) in [6.07, 6.45) is 9.73. The van der Waals surface area contributed by atoms with Gasteiger partial charge >= 0.3 is 0 Å². The maximum absolute atomic E-state index is 6.11. The predicted molar refractivity (Wildman–Crippen MR) is 71.0 cm³/mol. The fourth-order valence-electron chi connectivity index (χ4n) is 4.27. The lowest BCUT2D eigenvalue weighted by molar-refractivity contribution is -0.00873. The van der Waals surface area contributed by atoms with Crippen molar-refractivity contribution in [1.29, 1.82) is 0 Å². The van der Waals surface area contributed by atoms with Gasteiger partial charge in [-0.3, -0.25) is 9.80 Å². The Morgan fingerprint density at radius 2 is 1.82 bits per heavy atom. The highest BCUT2D eigenvalue weighted by Crippen LogP contribution is 2.36. The van der Waals surface area contributed by atoms with E-state index >= 15 is 0 Å². The lowest BCUT2D eigenvalue weighted by Crippen LogP contribution is -2.63. The molecular weight excluding hydrogens is 210 g/mol. The first-order chi connectivity index (χ1) is 8.34. The van der Waals surface area contributed by atoms with Crippen LogP contribution in [0.15, 0.2) is 0 Å². The van der Waals surface area contributed by atoms with Crippen LogP contribution in [0.3, 0.4) is 0 Å². The van der Waals surface area contributed by atoms with Gasteiger partial charge in [0.05, 0.1) is 0 Å². The van der Waals surface area contributed by atoms with Crippen LogP contribution in [0, 0.1) is 0 Å². The Hall–Kier alpha value is -0.120. The normalized spacial score (nSPS) is 34.8. The molecule has 2 aliphatic heterocycles. The molecule has 2 saturated heterocycles. The van der Waals surface area contributed by atoms with E-state index in [1.807, 2.05) is 0 Å². The minimum absolute atomic E-state index is 0.379. The fourth-order valence-corrected chi connectivity index (χ4v) is 4.27. The van der Waals surface area contributed by atoms with Gasteiger partial charge in [0.15, 0.2) is 0 Å². The Morgan fingerprint density at radius 1 is 1.00 bits per heavy atom. The lowest BCUT2D eigenvalue weighted by atomic mass is 9.91. The largest absolute Gasteiger partial charge is 0.329 e. The van der Waals surface area contributed by atoms with E-state index in [4.69, 9.17) is 5.73 Å². The Balaban J connectivity index is 1.68. The molecule has 17 heavy (non-hydrogen) atoms. The van der Waals surface area contributed by atoms with Gasteiger partial charge in [-0.25, -0.2) is 0 Å². The third-order valence-corrected chi connectivity index (χ3v) is 5.42. The molecular formula is C14H27N3. The number of fused-ring (bicyclic) bond motifs is 1. The van der Waals surface area contributed by atoms with E-state index in [0.29, 0.717) is 5.54 Å². The molecule has 3 rings (SSSR count). The van der Waals surface area contributed by atoms with E-state index in [1.54, 1.807) is 0 Å². The number of rotatable bonds is 2. The van der Waals surface area contributed by atoms with Crippen molar-refractivity contribution < 1.29 is 0 Å². The first-order valence-corrected chi connectivity index (χ1v) is 7.53. The summed E-state index contributed by atoms with van der Waals surface area (Å²) in [6.45, 7) is 6.05. The third kappa shape index (κ3) is 2.13. The molecule has 0 spiro atoms. The van der Waals surface area contributed by atoms with E-state index in [1.165, 1.54) is 71.1 Å². The van der Waals surface area contributed by atoms with Crippen molar-refractivity contribution in [2.75, 3.05) is 32.7 Å². The molecule has 3 aliphatic rings. The van der Waals surface area contributed by atoms with Gasteiger partial charge in [-0.15, -0.1) is 0 Å². The highest BCUT2D eigenvalue weighted by atomic mass is 15.3. The third-order valence-electron chi connectivity index (χ3n) is 5.42. The smallest absolute Gasteiger partial charge is 0.0332 e. The number of nitrogens with zero attached hydrogens (tertiary/aromatic N) is 2. The lowest BCUT2D eigenvalue weighted by Gasteiger charge is -2.50. The maximum Gasteiger partial charge on any atom is 0.0332 e. The molecule has 0 amide bonds. The van der Waals surface area contributed by atoms with E-state index in [2.05, 4.69) is 9.80 Å². The summed E-state index contributed by atoms with van der Waals surface area (Å²) in [4.78, 5) is 5.48. The average molecular weight is 237 g/mol. The molecule has 3 fully saturated rings. The average Bonchev–Trinajstić information content (AvgIpc) is 2.88. The summed E-state index contributed by atoms with van der Waals surface area (Å²) in [5.41, 5.74) is 6.49. The topological polar surface area (TPSA) is 32.5 Å². The highest BCUT2D eigenvalue weighted by molar-refractivity contribution is 4.99. The molecule has 0 radical (unpaired) electrons. The second kappa shape index (κ2) is 4.87. The molecule has 3 heteroatoms. The van der Waals surface area contributed by atoms with Crippen LogP contribution in [-0.4, -0.2) is 54.1 Å². The molecule has 1 saturated carbocycles. The van der Waals surface area contributed by atoms with Gasteiger partial charge in [0.25, 0.3) is 0 Å². The van der Waals surface area contributed by atoms with Crippen molar-refractivity contribution in [3.63, 3.8) is 0 Å². The van der Waals surface area contributed by atoms with E-state index in [9.17, 15) is 0 Å². The number of nitrogens with two attached hydrogens (primary N) is 1. The number of piperazine rings is 1. The summed E-state index contributed by atoms with van der Waals surface area (Å²) in [5.74, 6) is 0. The SMILES string of the molecule is NCC1(N2CCN3CCCCC3C2)CCCC1. The van der Waals surface area contributed by atoms with Crippen LogP contribution < -0.4 is 5.73 Å². The predicted octanol–water partition coefficient (Wildman–Crippen LogP) is 1.43. The minimum Gasteiger partial charge on any atom is -0.329 e. The number of piperidine rings is 1. The Bertz CT molecular complexity index is 260. The van der Waals surface area contributed by atoms with Gasteiger partial charge in [0.2, 0.25) is 0 Å². The van der Waals surface area contributed by atoms with Crippen molar-refractivity contribution in [1.82, 2.24) is 9.80 Å². The summed E-state index contributed by atoms with van der Waals surface area (Å²) in [6, 6.07) is 0.835. The summed E-state index contributed by atoms with van der Waals surface area (Å²) < 4.78 is 0. The first-order valence-electron chi connectivity index (χ1n) is 7.53. The zero-order valence-corrected chi connectivity index (χ0v) is 11.0. The van der Waals surface area contributed by atoms with Crippen LogP contribution in [0.4, 0.5) is 0 Å². The Morgan fingerprint density at radius 3 is 2.59 bits per heavy atom. The molecule has 1 unspecified atom stereocenters. The second-order valence-electron chi connectivity index (χ2n) is 6.27. The van der Waals surface area contributed by atoms with Crippen molar-refractivity contribution in [2.24, 2.45) is 5.73 Å². The summed E-state index contributed by atoms with van der Waals surface area (Å²) >= 11 is 0. The Labute approximate surface area is 105 Å². The van der Waals surface area contributed by atoms with Crippen LogP contribution in [0.25, 0.3) is 0 Å². The minimum atomic E-state index is 0.379. The van der Waals surface area contributed by atoms with Crippen LogP contribution in [0.5, 0.6) is 0 Å². The van der Waals surface area contributed by atoms with Crippen molar-refractivity contribution in [2.45, 2.75) is 56.5 Å². The number of hydrogen-bond acceptors (Lipinski definition) is 3. The molecule has 0 aromatic heterocycles. The van der Waals surface area contributed by atoms with Crippen LogP contribution in [0.1, 0.15) is 44.9 Å². The number of hydrogen-bond donors (Lipinski definition) is 1. The Kier molecular flexibility index (Phi) is 3.42. The van der Waals surface area contributed by atoms with Crippen LogP contribution in [-0.2, 0) is 0 Å². The van der Waals surface area contributed by atoms with Gasteiger partial charge in [0.1, 0.15) is 0 Å². The van der Waals surface area contributed by atoms with E-state index < -0.39 is 0 Å². The summed E-state index contributed by atoms with van der Waals surface area (Å²) in [5, 5.41) is 0. The standard InChI is InChI=1S/C14H27N3/c15-12-14(6-2-3-7-14)17-10-9-16-8-4-1-5-13(16)11-17/h13H,1-12,15H2. The van der Waals surface area contributed by atoms with E-state index in [-0.39, 0.29) is 0 Å². The molecule has 0 aromatic rings. The second-order valence-corrected chi connectivity index (χ2v) is 6.27. The molecule has 1 atom stereocenters. The van der Waals surface area contributed by atoms with E-state index in [0.717, 1.165) is 12.6 Å². The van der Waals surface area contributed by atoms with Gasteiger partial charge in [-0.05, 0) is 32.2 Å². The zero-order chi connectivity index (χ0) is 11.7. The highest BCUT2D eigenvalue weighted by Gasteiger charge is 2.42. The molecule has 2 N–H and O–H groups in total. The van der Waals surface area contributed by atoms with Gasteiger partial charge in [0, 0.05) is 37.8 Å². The molecule has 2 heterocycles. The molecule has 0 bridgehead atoms. The quantitative estimate of drug-likeness (QED) is 0.788. The zero-order valence-electron chi connectivity index (χ0n) is 11.0. The van der Waals surface area contributed by atoms with Crippen LogP contribution >= 0.6 is 0 Å². The van der Waals surface area contributed by atoms with Gasteiger partial charge < -0.3 is 5.73 Å². The monoisotopic (exact) mass is 237 g/mol. The molecule has 98 valence electrons. The first kappa shape index (κ1) is 11.9. The van der Waals surface area contributed by atoms with Gasteiger partial charge in [-0.1, -0.05) is 19.3 Å². The van der Waals surface area contributed by atoms with Crippen LogP contribution in [0.2, 0.25) is 0 Å². The molecule has 1 aliphatic carbocycles. The van der Waals surface area contributed by atoms with Gasteiger partial charge in [-0.2, -0.15) is 0 Å². The fraction of sp³-hybridized carbons (Fsp3) is 1.00. The van der Waals surface area contributed by atoms with Crippen molar-refractivity contribution in [3.05, 3.63) is 0 Å². The molecule has 0 aromatic carbocycles. The van der Waals surface area contributed by atoms with Crippen molar-refractivity contribution in [3.8, 4) is 0 Å². The molecule has 3 nitrogen and oxygen atoms in total. The van der Waals surface area contributed by atoms with Crippen molar-refractivity contribution >= 4 is 0 Å². The maximum atomic E-state index is 6.11.